The van der Waals surface area contributed by atoms with E-state index in [-0.39, 0.29) is 12.2 Å². The van der Waals surface area contributed by atoms with Gasteiger partial charge in [-0.05, 0) is 29.8 Å². The van der Waals surface area contributed by atoms with Gasteiger partial charge in [0, 0.05) is 16.5 Å². The highest BCUT2D eigenvalue weighted by molar-refractivity contribution is 6.33. The van der Waals surface area contributed by atoms with Gasteiger partial charge in [0.15, 0.2) is 5.78 Å². The minimum Gasteiger partial charge on any atom is -0.295 e. The molecular weight excluding hydrogens is 207 g/mol. The van der Waals surface area contributed by atoms with Gasteiger partial charge >= 0.3 is 0 Å². The maximum atomic E-state index is 11.0. The van der Waals surface area contributed by atoms with Crippen molar-refractivity contribution < 1.29 is 4.79 Å². The van der Waals surface area contributed by atoms with Crippen LogP contribution in [-0.4, -0.2) is 5.78 Å². The van der Waals surface area contributed by atoms with Crippen molar-refractivity contribution in [2.75, 3.05) is 0 Å². The summed E-state index contributed by atoms with van der Waals surface area (Å²) in [5.41, 5.74) is 0.735. The molecule has 0 aliphatic heterocycles. The standard InChI is InChI=1S/C10H8Cl2O/c1-2-9(13)6-7-5-8(11)3-4-10(7)12/h2-5H,1,6H2. The molecule has 1 aromatic rings. The number of hydrogen-bond acceptors (Lipinski definition) is 1. The molecule has 0 heterocycles. The van der Waals surface area contributed by atoms with Crippen molar-refractivity contribution in [3.05, 3.63) is 46.5 Å². The number of ketones is 1. The van der Waals surface area contributed by atoms with Crippen molar-refractivity contribution in [3.8, 4) is 0 Å². The number of rotatable bonds is 3. The SMILES string of the molecule is C=CC(=O)Cc1cc(Cl)ccc1Cl. The molecule has 1 nitrogen and oxygen atoms in total. The molecule has 0 aliphatic carbocycles. The monoisotopic (exact) mass is 214 g/mol. The van der Waals surface area contributed by atoms with E-state index in [4.69, 9.17) is 23.2 Å². The Hall–Kier alpha value is -0.790. The molecule has 68 valence electrons. The van der Waals surface area contributed by atoms with Crippen LogP contribution < -0.4 is 0 Å². The third-order valence-corrected chi connectivity index (χ3v) is 2.20. The van der Waals surface area contributed by atoms with E-state index in [1.165, 1.54) is 6.08 Å². The van der Waals surface area contributed by atoms with Crippen molar-refractivity contribution in [2.24, 2.45) is 0 Å². The molecule has 1 rings (SSSR count). The first-order valence-electron chi connectivity index (χ1n) is 3.72. The average molecular weight is 215 g/mol. The predicted octanol–water partition coefficient (Wildman–Crippen LogP) is 3.29. The van der Waals surface area contributed by atoms with Gasteiger partial charge < -0.3 is 0 Å². The number of hydrogen-bond donors (Lipinski definition) is 0. The van der Waals surface area contributed by atoms with E-state index in [1.807, 2.05) is 0 Å². The lowest BCUT2D eigenvalue weighted by Crippen LogP contribution is -1.98. The van der Waals surface area contributed by atoms with Gasteiger partial charge in [0.1, 0.15) is 0 Å². The van der Waals surface area contributed by atoms with Crippen LogP contribution in [0, 0.1) is 0 Å². The van der Waals surface area contributed by atoms with Gasteiger partial charge in [-0.25, -0.2) is 0 Å². The summed E-state index contributed by atoms with van der Waals surface area (Å²) in [6.07, 6.45) is 1.53. The normalized spacial score (nSPS) is 9.69. The number of carbonyl (C=O) groups is 1. The molecule has 0 spiro atoms. The quantitative estimate of drug-likeness (QED) is 0.707. The lowest BCUT2D eigenvalue weighted by atomic mass is 10.1. The van der Waals surface area contributed by atoms with Gasteiger partial charge in [-0.1, -0.05) is 29.8 Å². The molecule has 1 aromatic carbocycles. The summed E-state index contributed by atoms with van der Waals surface area (Å²) in [4.78, 5) is 11.0. The van der Waals surface area contributed by atoms with E-state index in [2.05, 4.69) is 6.58 Å². The van der Waals surface area contributed by atoms with Crippen LogP contribution in [0.25, 0.3) is 0 Å². The molecule has 0 N–H and O–H groups in total. The van der Waals surface area contributed by atoms with Gasteiger partial charge in [-0.15, -0.1) is 0 Å². The summed E-state index contributed by atoms with van der Waals surface area (Å²) in [7, 11) is 0. The summed E-state index contributed by atoms with van der Waals surface area (Å²) in [5, 5.41) is 1.14. The second-order valence-corrected chi connectivity index (χ2v) is 3.43. The Morgan fingerprint density at radius 2 is 2.15 bits per heavy atom. The number of benzene rings is 1. The third-order valence-electron chi connectivity index (χ3n) is 1.60. The van der Waals surface area contributed by atoms with Gasteiger partial charge in [0.2, 0.25) is 0 Å². The number of halogens is 2. The third kappa shape index (κ3) is 2.87. The van der Waals surface area contributed by atoms with Crippen molar-refractivity contribution in [2.45, 2.75) is 6.42 Å². The van der Waals surface area contributed by atoms with Crippen LogP contribution in [0.1, 0.15) is 5.56 Å². The molecule has 0 atom stereocenters. The minimum atomic E-state index is -0.0656. The van der Waals surface area contributed by atoms with Crippen LogP contribution in [0.15, 0.2) is 30.9 Å². The second-order valence-electron chi connectivity index (χ2n) is 2.58. The van der Waals surface area contributed by atoms with Crippen LogP contribution in [0.3, 0.4) is 0 Å². The van der Waals surface area contributed by atoms with Gasteiger partial charge in [-0.2, -0.15) is 0 Å². The second kappa shape index (κ2) is 4.45. The van der Waals surface area contributed by atoms with E-state index in [9.17, 15) is 4.79 Å². The molecule has 0 aliphatic rings. The summed E-state index contributed by atoms with van der Waals surface area (Å²) in [5.74, 6) is -0.0656. The molecule has 3 heteroatoms. The number of carbonyl (C=O) groups excluding carboxylic acids is 1. The highest BCUT2D eigenvalue weighted by atomic mass is 35.5. The maximum Gasteiger partial charge on any atom is 0.159 e. The molecule has 0 radical (unpaired) electrons. The first-order chi connectivity index (χ1) is 6.13. The fourth-order valence-electron chi connectivity index (χ4n) is 0.939. The van der Waals surface area contributed by atoms with Crippen molar-refractivity contribution in [1.82, 2.24) is 0 Å². The zero-order valence-corrected chi connectivity index (χ0v) is 8.40. The minimum absolute atomic E-state index is 0.0656. The van der Waals surface area contributed by atoms with Gasteiger partial charge in [0.05, 0.1) is 0 Å². The van der Waals surface area contributed by atoms with Crippen LogP contribution in [-0.2, 0) is 11.2 Å². The van der Waals surface area contributed by atoms with E-state index < -0.39 is 0 Å². The Morgan fingerprint density at radius 3 is 2.77 bits per heavy atom. The first-order valence-corrected chi connectivity index (χ1v) is 4.48. The van der Waals surface area contributed by atoms with Crippen LogP contribution in [0.2, 0.25) is 10.0 Å². The largest absolute Gasteiger partial charge is 0.295 e. The average Bonchev–Trinajstić information content (AvgIpc) is 2.11. The van der Waals surface area contributed by atoms with Gasteiger partial charge in [-0.3, -0.25) is 4.79 Å². The Labute approximate surface area is 87.0 Å². The lowest BCUT2D eigenvalue weighted by molar-refractivity contribution is -0.114. The summed E-state index contributed by atoms with van der Waals surface area (Å²) >= 11 is 11.6. The molecule has 0 saturated carbocycles. The molecule has 0 bridgehead atoms. The highest BCUT2D eigenvalue weighted by Crippen LogP contribution is 2.21. The fraction of sp³-hybridized carbons (Fsp3) is 0.100. The molecule has 0 aromatic heterocycles. The number of allylic oxidation sites excluding steroid dienone is 1. The van der Waals surface area contributed by atoms with E-state index in [0.29, 0.717) is 10.0 Å². The van der Waals surface area contributed by atoms with Crippen molar-refractivity contribution in [1.29, 1.82) is 0 Å². The predicted molar refractivity (Wildman–Crippen MR) is 55.4 cm³/mol. The first kappa shape index (κ1) is 10.3. The smallest absolute Gasteiger partial charge is 0.159 e. The highest BCUT2D eigenvalue weighted by Gasteiger charge is 2.04. The Balaban J connectivity index is 2.93. The van der Waals surface area contributed by atoms with E-state index >= 15 is 0 Å². The molecule has 0 fully saturated rings. The topological polar surface area (TPSA) is 17.1 Å². The fourth-order valence-corrected chi connectivity index (χ4v) is 1.32. The summed E-state index contributed by atoms with van der Waals surface area (Å²) in [6.45, 7) is 3.38. The Bertz CT molecular complexity index is 345. The molecule has 0 amide bonds. The molecule has 0 saturated heterocycles. The van der Waals surface area contributed by atoms with Crippen LogP contribution in [0.4, 0.5) is 0 Å². The Kier molecular flexibility index (Phi) is 3.52. The van der Waals surface area contributed by atoms with Crippen molar-refractivity contribution in [3.63, 3.8) is 0 Å². The summed E-state index contributed by atoms with van der Waals surface area (Å²) < 4.78 is 0. The summed E-state index contributed by atoms with van der Waals surface area (Å²) in [6, 6.07) is 5.05. The van der Waals surface area contributed by atoms with E-state index in [1.54, 1.807) is 18.2 Å². The maximum absolute atomic E-state index is 11.0. The lowest BCUT2D eigenvalue weighted by Gasteiger charge is -2.01. The molecule has 0 unspecified atom stereocenters. The zero-order valence-electron chi connectivity index (χ0n) is 6.89. The van der Waals surface area contributed by atoms with Gasteiger partial charge in [0.25, 0.3) is 0 Å². The van der Waals surface area contributed by atoms with Crippen LogP contribution >= 0.6 is 23.2 Å². The van der Waals surface area contributed by atoms with E-state index in [0.717, 1.165) is 5.56 Å². The molecule has 13 heavy (non-hydrogen) atoms. The zero-order chi connectivity index (χ0) is 9.84. The van der Waals surface area contributed by atoms with Crippen LogP contribution in [0.5, 0.6) is 0 Å². The Morgan fingerprint density at radius 1 is 1.46 bits per heavy atom. The molecular formula is C10H8Cl2O. The van der Waals surface area contributed by atoms with Crippen molar-refractivity contribution >= 4 is 29.0 Å².